The Morgan fingerprint density at radius 1 is 0.875 bits per heavy atom. The molecule has 0 N–H and O–H groups in total. The molecule has 24 heavy (non-hydrogen) atoms. The van der Waals surface area contributed by atoms with Crippen molar-refractivity contribution in [2.75, 3.05) is 13.2 Å². The van der Waals surface area contributed by atoms with Crippen molar-refractivity contribution in [3.05, 3.63) is 59.7 Å². The van der Waals surface area contributed by atoms with Gasteiger partial charge in [0.05, 0.1) is 5.56 Å². The van der Waals surface area contributed by atoms with Crippen LogP contribution < -0.4 is 0 Å². The Bertz CT molecular complexity index is 820. The van der Waals surface area contributed by atoms with E-state index in [1.165, 1.54) is 6.92 Å². The molecule has 0 aromatic heterocycles. The van der Waals surface area contributed by atoms with E-state index < -0.39 is 11.9 Å². The van der Waals surface area contributed by atoms with Crippen molar-refractivity contribution < 1.29 is 23.9 Å². The van der Waals surface area contributed by atoms with E-state index >= 15 is 0 Å². The van der Waals surface area contributed by atoms with E-state index in [-0.39, 0.29) is 19.0 Å². The fourth-order valence-electron chi connectivity index (χ4n) is 2.07. The standard InChI is InChI=1S/C19H18O5/c1-12(2)18(21)23-8-9-24-19(22)17-7-6-15-10-14(13(3)20)4-5-16(15)11-17/h4-7,10-11H,1,8-9H2,2-3H3. The maximum Gasteiger partial charge on any atom is 0.338 e. The highest BCUT2D eigenvalue weighted by Crippen LogP contribution is 2.19. The third kappa shape index (κ3) is 4.29. The predicted octanol–water partition coefficient (Wildman–Crippen LogP) is 3.32. The summed E-state index contributed by atoms with van der Waals surface area (Å²) in [5, 5.41) is 1.71. The van der Waals surface area contributed by atoms with Crippen LogP contribution in [0.2, 0.25) is 0 Å². The second-order valence-corrected chi connectivity index (χ2v) is 5.39. The van der Waals surface area contributed by atoms with E-state index in [0.717, 1.165) is 10.8 Å². The minimum Gasteiger partial charge on any atom is -0.459 e. The van der Waals surface area contributed by atoms with Gasteiger partial charge in [-0.15, -0.1) is 0 Å². The van der Waals surface area contributed by atoms with Gasteiger partial charge in [0.15, 0.2) is 5.78 Å². The average Bonchev–Trinajstić information content (AvgIpc) is 2.57. The lowest BCUT2D eigenvalue weighted by Gasteiger charge is -2.07. The number of fused-ring (bicyclic) bond motifs is 1. The topological polar surface area (TPSA) is 69.7 Å². The Kier molecular flexibility index (Phi) is 5.47. The summed E-state index contributed by atoms with van der Waals surface area (Å²) in [6, 6.07) is 10.4. The van der Waals surface area contributed by atoms with Gasteiger partial charge in [0.1, 0.15) is 13.2 Å². The number of carbonyl (C=O) groups excluding carboxylic acids is 3. The van der Waals surface area contributed by atoms with Gasteiger partial charge in [-0.2, -0.15) is 0 Å². The van der Waals surface area contributed by atoms with Crippen LogP contribution in [-0.4, -0.2) is 30.9 Å². The lowest BCUT2D eigenvalue weighted by atomic mass is 10.0. The number of hydrogen-bond acceptors (Lipinski definition) is 5. The molecular formula is C19H18O5. The van der Waals surface area contributed by atoms with Gasteiger partial charge >= 0.3 is 11.9 Å². The molecule has 5 nitrogen and oxygen atoms in total. The Balaban J connectivity index is 2.00. The Morgan fingerprint density at radius 2 is 1.42 bits per heavy atom. The van der Waals surface area contributed by atoms with Gasteiger partial charge < -0.3 is 9.47 Å². The summed E-state index contributed by atoms with van der Waals surface area (Å²) in [5.41, 5.74) is 1.31. The summed E-state index contributed by atoms with van der Waals surface area (Å²) < 4.78 is 9.92. The van der Waals surface area contributed by atoms with Gasteiger partial charge in [0.25, 0.3) is 0 Å². The summed E-state index contributed by atoms with van der Waals surface area (Å²) in [6.45, 7) is 6.46. The van der Waals surface area contributed by atoms with E-state index in [0.29, 0.717) is 16.7 Å². The first-order valence-electron chi connectivity index (χ1n) is 7.43. The summed E-state index contributed by atoms with van der Waals surface area (Å²) in [4.78, 5) is 34.6. The average molecular weight is 326 g/mol. The fourth-order valence-corrected chi connectivity index (χ4v) is 2.07. The molecule has 2 aromatic rings. The van der Waals surface area contributed by atoms with Crippen molar-refractivity contribution in [1.29, 1.82) is 0 Å². The van der Waals surface area contributed by atoms with Crippen LogP contribution in [-0.2, 0) is 14.3 Å². The van der Waals surface area contributed by atoms with Crippen LogP contribution in [0.1, 0.15) is 34.6 Å². The molecule has 0 bridgehead atoms. The molecule has 0 unspecified atom stereocenters. The third-order valence-electron chi connectivity index (χ3n) is 3.38. The van der Waals surface area contributed by atoms with Crippen molar-refractivity contribution in [2.45, 2.75) is 13.8 Å². The van der Waals surface area contributed by atoms with Crippen LogP contribution in [0.5, 0.6) is 0 Å². The Morgan fingerprint density at radius 3 is 2.00 bits per heavy atom. The van der Waals surface area contributed by atoms with Gasteiger partial charge in [0.2, 0.25) is 0 Å². The van der Waals surface area contributed by atoms with Crippen LogP contribution in [0.25, 0.3) is 10.8 Å². The molecule has 0 atom stereocenters. The molecule has 2 rings (SSSR count). The number of ketones is 1. The molecule has 5 heteroatoms. The van der Waals surface area contributed by atoms with E-state index in [4.69, 9.17) is 9.47 Å². The number of benzene rings is 2. The highest BCUT2D eigenvalue weighted by atomic mass is 16.6. The molecule has 0 aliphatic carbocycles. The summed E-state index contributed by atoms with van der Waals surface area (Å²) in [5.74, 6) is -1.03. The van der Waals surface area contributed by atoms with E-state index in [2.05, 4.69) is 6.58 Å². The highest BCUT2D eigenvalue weighted by Gasteiger charge is 2.10. The molecule has 0 heterocycles. The first kappa shape index (κ1) is 17.4. The Hall–Kier alpha value is -2.95. The minimum atomic E-state index is -0.516. The number of hydrogen-bond donors (Lipinski definition) is 0. The van der Waals surface area contributed by atoms with E-state index in [1.54, 1.807) is 43.3 Å². The van der Waals surface area contributed by atoms with Crippen LogP contribution in [0, 0.1) is 0 Å². The maximum atomic E-state index is 12.0. The van der Waals surface area contributed by atoms with Gasteiger partial charge in [-0.05, 0) is 42.8 Å². The molecule has 0 aliphatic heterocycles. The zero-order chi connectivity index (χ0) is 17.7. The first-order valence-corrected chi connectivity index (χ1v) is 7.43. The van der Waals surface area contributed by atoms with Gasteiger partial charge in [0, 0.05) is 11.1 Å². The molecule has 2 aromatic carbocycles. The summed E-state index contributed by atoms with van der Waals surface area (Å²) in [6.07, 6.45) is 0. The van der Waals surface area contributed by atoms with E-state index in [9.17, 15) is 14.4 Å². The van der Waals surface area contributed by atoms with Crippen molar-refractivity contribution >= 4 is 28.5 Å². The molecule has 0 radical (unpaired) electrons. The number of rotatable bonds is 6. The number of carbonyl (C=O) groups is 3. The molecule has 0 amide bonds. The molecule has 0 saturated carbocycles. The molecular weight excluding hydrogens is 308 g/mol. The minimum absolute atomic E-state index is 0.00954. The molecule has 124 valence electrons. The number of Topliss-reactive ketones (excluding diaryl/α,β-unsaturated/α-hetero) is 1. The van der Waals surface area contributed by atoms with Crippen molar-refractivity contribution in [2.24, 2.45) is 0 Å². The van der Waals surface area contributed by atoms with Crippen LogP contribution in [0.3, 0.4) is 0 Å². The predicted molar refractivity (Wildman–Crippen MR) is 90.0 cm³/mol. The normalized spacial score (nSPS) is 10.2. The molecule has 0 aliphatic rings. The van der Waals surface area contributed by atoms with E-state index in [1.807, 2.05) is 0 Å². The lowest BCUT2D eigenvalue weighted by Crippen LogP contribution is -2.14. The van der Waals surface area contributed by atoms with Gasteiger partial charge in [-0.1, -0.05) is 24.8 Å². The summed E-state index contributed by atoms with van der Waals surface area (Å²) in [7, 11) is 0. The molecule has 0 saturated heterocycles. The molecule has 0 spiro atoms. The lowest BCUT2D eigenvalue weighted by molar-refractivity contribution is -0.140. The van der Waals surface area contributed by atoms with Crippen LogP contribution in [0.4, 0.5) is 0 Å². The van der Waals surface area contributed by atoms with Crippen molar-refractivity contribution in [3.8, 4) is 0 Å². The van der Waals surface area contributed by atoms with Crippen LogP contribution in [0.15, 0.2) is 48.6 Å². The monoisotopic (exact) mass is 326 g/mol. The molecule has 0 fully saturated rings. The third-order valence-corrected chi connectivity index (χ3v) is 3.38. The second kappa shape index (κ2) is 7.55. The first-order chi connectivity index (χ1) is 11.4. The van der Waals surface area contributed by atoms with Gasteiger partial charge in [-0.3, -0.25) is 4.79 Å². The quantitative estimate of drug-likeness (QED) is 0.352. The fraction of sp³-hybridized carbons (Fsp3) is 0.211. The van der Waals surface area contributed by atoms with Gasteiger partial charge in [-0.25, -0.2) is 9.59 Å². The SMILES string of the molecule is C=C(C)C(=O)OCCOC(=O)c1ccc2cc(C(C)=O)ccc2c1. The zero-order valence-electron chi connectivity index (χ0n) is 13.6. The summed E-state index contributed by atoms with van der Waals surface area (Å²) >= 11 is 0. The second-order valence-electron chi connectivity index (χ2n) is 5.39. The van der Waals surface area contributed by atoms with Crippen LogP contribution >= 0.6 is 0 Å². The zero-order valence-corrected chi connectivity index (χ0v) is 13.6. The van der Waals surface area contributed by atoms with Crippen molar-refractivity contribution in [3.63, 3.8) is 0 Å². The highest BCUT2D eigenvalue weighted by molar-refractivity contribution is 6.00. The smallest absolute Gasteiger partial charge is 0.338 e. The largest absolute Gasteiger partial charge is 0.459 e. The van der Waals surface area contributed by atoms with Crippen molar-refractivity contribution in [1.82, 2.24) is 0 Å². The number of esters is 2. The maximum absolute atomic E-state index is 12.0. The Labute approximate surface area is 139 Å². The number of ether oxygens (including phenoxy) is 2.